The van der Waals surface area contributed by atoms with E-state index < -0.39 is 0 Å². The molecule has 0 N–H and O–H groups in total. The Morgan fingerprint density at radius 2 is 1.70 bits per heavy atom. The topological polar surface area (TPSA) is 36.4 Å². The van der Waals surface area contributed by atoms with Crippen molar-refractivity contribution in [2.75, 3.05) is 26.2 Å². The molecule has 0 unspecified atom stereocenters. The maximum Gasteiger partial charge on any atom is 0.273 e. The number of hydrogen-bond acceptors (Lipinski definition) is 4. The van der Waals surface area contributed by atoms with Crippen LogP contribution in [0.1, 0.15) is 16.1 Å². The van der Waals surface area contributed by atoms with Gasteiger partial charge in [0.2, 0.25) is 0 Å². The molecule has 0 spiro atoms. The largest absolute Gasteiger partial charge is 0.335 e. The fraction of sp³-hybridized carbons (Fsp3) is 0.238. The lowest BCUT2D eigenvalue weighted by Gasteiger charge is -2.34. The van der Waals surface area contributed by atoms with Crippen LogP contribution < -0.4 is 0 Å². The van der Waals surface area contributed by atoms with Crippen LogP contribution in [0, 0.1) is 5.82 Å². The molecule has 0 radical (unpaired) electrons. The van der Waals surface area contributed by atoms with E-state index in [1.165, 1.54) is 29.0 Å². The van der Waals surface area contributed by atoms with Gasteiger partial charge in [0.1, 0.15) is 16.5 Å². The Morgan fingerprint density at radius 3 is 2.41 bits per heavy atom. The molecule has 1 aromatic heterocycles. The van der Waals surface area contributed by atoms with Gasteiger partial charge in [-0.2, -0.15) is 0 Å². The Labute approximate surface area is 161 Å². The van der Waals surface area contributed by atoms with Crippen LogP contribution in [0.4, 0.5) is 4.39 Å². The molecule has 2 aromatic carbocycles. The molecule has 0 saturated carbocycles. The van der Waals surface area contributed by atoms with Crippen molar-refractivity contribution in [2.24, 2.45) is 0 Å². The number of hydrogen-bond donors (Lipinski definition) is 0. The highest BCUT2D eigenvalue weighted by molar-refractivity contribution is 7.13. The minimum atomic E-state index is -0.278. The van der Waals surface area contributed by atoms with Crippen LogP contribution in [0.3, 0.4) is 0 Å². The van der Waals surface area contributed by atoms with Gasteiger partial charge in [0.25, 0.3) is 5.91 Å². The summed E-state index contributed by atoms with van der Waals surface area (Å²) in [6, 6.07) is 16.6. The minimum absolute atomic E-state index is 0.0287. The molecule has 27 heavy (non-hydrogen) atoms. The number of aromatic nitrogens is 1. The van der Waals surface area contributed by atoms with Crippen molar-refractivity contribution in [1.29, 1.82) is 0 Å². The molecule has 0 atom stereocenters. The molecule has 4 nitrogen and oxygen atoms in total. The molecule has 1 aliphatic heterocycles. The number of thiazole rings is 1. The zero-order valence-electron chi connectivity index (χ0n) is 14.8. The van der Waals surface area contributed by atoms with Crippen LogP contribution in [-0.2, 0) is 6.54 Å². The number of carbonyl (C=O) groups is 1. The number of halogens is 1. The predicted octanol–water partition coefficient (Wildman–Crippen LogP) is 3.91. The summed E-state index contributed by atoms with van der Waals surface area (Å²) in [6.07, 6.45) is 0. The number of amides is 1. The van der Waals surface area contributed by atoms with Gasteiger partial charge < -0.3 is 4.90 Å². The second-order valence-electron chi connectivity index (χ2n) is 6.60. The lowest BCUT2D eigenvalue weighted by Crippen LogP contribution is -2.48. The number of benzene rings is 2. The summed E-state index contributed by atoms with van der Waals surface area (Å²) in [5, 5.41) is 2.53. The van der Waals surface area contributed by atoms with Crippen LogP contribution >= 0.6 is 11.3 Å². The van der Waals surface area contributed by atoms with E-state index in [0.717, 1.165) is 30.2 Å². The summed E-state index contributed by atoms with van der Waals surface area (Å²) in [5.74, 6) is -0.307. The third-order valence-corrected chi connectivity index (χ3v) is 5.61. The summed E-state index contributed by atoms with van der Waals surface area (Å²) in [4.78, 5) is 21.4. The molecule has 6 heteroatoms. The Morgan fingerprint density at radius 1 is 1.00 bits per heavy atom. The zero-order valence-corrected chi connectivity index (χ0v) is 15.7. The summed E-state index contributed by atoms with van der Waals surface area (Å²) < 4.78 is 13.1. The van der Waals surface area contributed by atoms with Crippen LogP contribution in [0.5, 0.6) is 0 Å². The van der Waals surface area contributed by atoms with Gasteiger partial charge in [-0.3, -0.25) is 9.69 Å². The normalized spacial score (nSPS) is 15.1. The Hall–Kier alpha value is -2.57. The predicted molar refractivity (Wildman–Crippen MR) is 105 cm³/mol. The molecule has 138 valence electrons. The van der Waals surface area contributed by atoms with E-state index in [0.29, 0.717) is 18.8 Å². The molecular formula is C21H20FN3OS. The molecule has 2 heterocycles. The average molecular weight is 381 g/mol. The maximum absolute atomic E-state index is 13.1. The number of rotatable bonds is 4. The maximum atomic E-state index is 13.1. The number of piperazine rings is 1. The van der Waals surface area contributed by atoms with Crippen LogP contribution in [0.25, 0.3) is 10.6 Å². The second-order valence-corrected chi connectivity index (χ2v) is 7.46. The molecule has 3 aromatic rings. The van der Waals surface area contributed by atoms with Gasteiger partial charge in [0, 0.05) is 43.7 Å². The van der Waals surface area contributed by atoms with Crippen molar-refractivity contribution in [1.82, 2.24) is 14.8 Å². The van der Waals surface area contributed by atoms with Crippen molar-refractivity contribution in [3.63, 3.8) is 0 Å². The summed E-state index contributed by atoms with van der Waals surface area (Å²) in [7, 11) is 0. The quantitative estimate of drug-likeness (QED) is 0.688. The molecule has 1 saturated heterocycles. The number of nitrogens with zero attached hydrogens (tertiary/aromatic N) is 3. The number of carbonyl (C=O) groups excluding carboxylic acids is 1. The SMILES string of the molecule is O=C(c1csc(-c2ccc(F)cc2)n1)N1CCN(Cc2ccccc2)CC1. The average Bonchev–Trinajstić information content (AvgIpc) is 3.20. The summed E-state index contributed by atoms with van der Waals surface area (Å²) in [6.45, 7) is 4.03. The zero-order chi connectivity index (χ0) is 18.6. The Balaban J connectivity index is 1.36. The van der Waals surface area contributed by atoms with E-state index in [1.54, 1.807) is 17.5 Å². The first-order valence-electron chi connectivity index (χ1n) is 8.96. The lowest BCUT2D eigenvalue weighted by atomic mass is 10.2. The van der Waals surface area contributed by atoms with Gasteiger partial charge in [0.05, 0.1) is 0 Å². The summed E-state index contributed by atoms with van der Waals surface area (Å²) in [5.41, 5.74) is 2.59. The third kappa shape index (κ3) is 4.23. The van der Waals surface area contributed by atoms with Gasteiger partial charge in [-0.25, -0.2) is 9.37 Å². The van der Waals surface area contributed by atoms with Crippen molar-refractivity contribution in [3.8, 4) is 10.6 Å². The molecule has 1 amide bonds. The Bertz CT molecular complexity index is 903. The molecular weight excluding hydrogens is 361 g/mol. The smallest absolute Gasteiger partial charge is 0.273 e. The van der Waals surface area contributed by atoms with Gasteiger partial charge >= 0.3 is 0 Å². The van der Waals surface area contributed by atoms with Crippen molar-refractivity contribution in [2.45, 2.75) is 6.54 Å². The van der Waals surface area contributed by atoms with Crippen LogP contribution in [-0.4, -0.2) is 46.9 Å². The van der Waals surface area contributed by atoms with Gasteiger partial charge in [-0.05, 0) is 29.8 Å². The highest BCUT2D eigenvalue weighted by atomic mass is 32.1. The fourth-order valence-corrected chi connectivity index (χ4v) is 4.01. The van der Waals surface area contributed by atoms with Gasteiger partial charge in [0.15, 0.2) is 0 Å². The first-order valence-corrected chi connectivity index (χ1v) is 9.84. The van der Waals surface area contributed by atoms with Crippen molar-refractivity contribution >= 4 is 17.2 Å². The highest BCUT2D eigenvalue weighted by Gasteiger charge is 2.24. The standard InChI is InChI=1S/C21H20FN3OS/c22-18-8-6-17(7-9-18)20-23-19(15-27-20)21(26)25-12-10-24(11-13-25)14-16-4-2-1-3-5-16/h1-9,15H,10-14H2. The highest BCUT2D eigenvalue weighted by Crippen LogP contribution is 2.24. The third-order valence-electron chi connectivity index (χ3n) is 4.72. The minimum Gasteiger partial charge on any atom is -0.335 e. The van der Waals surface area contributed by atoms with E-state index >= 15 is 0 Å². The van der Waals surface area contributed by atoms with E-state index in [-0.39, 0.29) is 11.7 Å². The van der Waals surface area contributed by atoms with Gasteiger partial charge in [-0.1, -0.05) is 30.3 Å². The molecule has 1 fully saturated rings. The van der Waals surface area contributed by atoms with E-state index in [2.05, 4.69) is 34.1 Å². The first kappa shape index (κ1) is 17.8. The monoisotopic (exact) mass is 381 g/mol. The van der Waals surface area contributed by atoms with Gasteiger partial charge in [-0.15, -0.1) is 11.3 Å². The van der Waals surface area contributed by atoms with Crippen molar-refractivity contribution < 1.29 is 9.18 Å². The van der Waals surface area contributed by atoms with Crippen LogP contribution in [0.15, 0.2) is 60.0 Å². The van der Waals surface area contributed by atoms with Crippen LogP contribution in [0.2, 0.25) is 0 Å². The molecule has 0 bridgehead atoms. The first-order chi connectivity index (χ1) is 13.2. The second kappa shape index (κ2) is 7.98. The lowest BCUT2D eigenvalue weighted by molar-refractivity contribution is 0.0623. The molecule has 1 aliphatic rings. The molecule has 4 rings (SSSR count). The van der Waals surface area contributed by atoms with E-state index in [1.807, 2.05) is 11.0 Å². The van der Waals surface area contributed by atoms with E-state index in [9.17, 15) is 9.18 Å². The summed E-state index contributed by atoms with van der Waals surface area (Å²) >= 11 is 1.41. The fourth-order valence-electron chi connectivity index (χ4n) is 3.21. The van der Waals surface area contributed by atoms with E-state index in [4.69, 9.17) is 0 Å². The van der Waals surface area contributed by atoms with Crippen molar-refractivity contribution in [3.05, 3.63) is 77.1 Å². The Kier molecular flexibility index (Phi) is 5.27. The molecule has 0 aliphatic carbocycles.